The van der Waals surface area contributed by atoms with E-state index in [4.69, 9.17) is 23.2 Å². The average Bonchev–Trinajstić information content (AvgIpc) is 2.56. The largest absolute Gasteiger partial charge is 0.272 e. The van der Waals surface area contributed by atoms with Gasteiger partial charge in [-0.3, -0.25) is 25.4 Å². The molecule has 1 aromatic heterocycles. The molecular weight excluding hydrogens is 357 g/mol. The van der Waals surface area contributed by atoms with Crippen LogP contribution in [-0.4, -0.2) is 22.0 Å². The molecule has 1 atom stereocenters. The minimum Gasteiger partial charge on any atom is -0.272 e. The summed E-state index contributed by atoms with van der Waals surface area (Å²) in [6, 6.07) is 8.26. The van der Waals surface area contributed by atoms with Crippen LogP contribution in [0.3, 0.4) is 0 Å². The van der Waals surface area contributed by atoms with Crippen LogP contribution in [0.25, 0.3) is 0 Å². The summed E-state index contributed by atoms with van der Waals surface area (Å²) >= 11 is 13.2. The molecule has 0 spiro atoms. The lowest BCUT2D eigenvalue weighted by molar-refractivity contribution is -0.121. The highest BCUT2D eigenvalue weighted by Gasteiger charge is 2.17. The van der Waals surface area contributed by atoms with Gasteiger partial charge in [0.25, 0.3) is 11.8 Å². The molecule has 0 saturated carbocycles. The zero-order valence-corrected chi connectivity index (χ0v) is 14.4. The van der Waals surface area contributed by atoms with Gasteiger partial charge >= 0.3 is 0 Å². The molecule has 0 radical (unpaired) electrons. The molecule has 1 unspecified atom stereocenters. The second-order valence-corrected chi connectivity index (χ2v) is 6.75. The second-order valence-electron chi connectivity index (χ2n) is 4.52. The number of nitrogens with zero attached hydrogens (tertiary/aromatic N) is 1. The van der Waals surface area contributed by atoms with Crippen molar-refractivity contribution in [3.63, 3.8) is 0 Å². The third-order valence-electron chi connectivity index (χ3n) is 2.79. The zero-order chi connectivity index (χ0) is 16.8. The molecule has 0 aliphatic heterocycles. The summed E-state index contributed by atoms with van der Waals surface area (Å²) < 4.78 is 0. The number of carbonyl (C=O) groups is 2. The Morgan fingerprint density at radius 2 is 2.00 bits per heavy atom. The predicted octanol–water partition coefficient (Wildman–Crippen LogP) is 3.33. The van der Waals surface area contributed by atoms with Crippen molar-refractivity contribution < 1.29 is 9.59 Å². The van der Waals surface area contributed by atoms with Crippen molar-refractivity contribution >= 4 is 46.8 Å². The summed E-state index contributed by atoms with van der Waals surface area (Å²) in [5.41, 5.74) is 5.07. The lowest BCUT2D eigenvalue weighted by atomic mass is 10.3. The Balaban J connectivity index is 1.90. The minimum absolute atomic E-state index is 0.353. The van der Waals surface area contributed by atoms with Crippen LogP contribution in [0.4, 0.5) is 0 Å². The highest BCUT2D eigenvalue weighted by atomic mass is 35.5. The molecule has 0 aliphatic rings. The van der Waals surface area contributed by atoms with Gasteiger partial charge in [0.05, 0.1) is 15.8 Å². The summed E-state index contributed by atoms with van der Waals surface area (Å²) in [6.07, 6.45) is 2.97. The predicted molar refractivity (Wildman–Crippen MR) is 91.6 cm³/mol. The SMILES string of the molecule is CC(Sc1cc(Cl)ccc1Cl)C(=O)NNC(=O)c1cccnc1. The third kappa shape index (κ3) is 5.13. The quantitative estimate of drug-likeness (QED) is 0.640. The van der Waals surface area contributed by atoms with E-state index in [2.05, 4.69) is 15.8 Å². The number of hydrogen-bond donors (Lipinski definition) is 2. The molecule has 0 fully saturated rings. The van der Waals surface area contributed by atoms with Gasteiger partial charge in [-0.15, -0.1) is 11.8 Å². The van der Waals surface area contributed by atoms with Gasteiger partial charge in [0.15, 0.2) is 0 Å². The van der Waals surface area contributed by atoms with E-state index in [-0.39, 0.29) is 5.91 Å². The normalized spacial score (nSPS) is 11.6. The second kappa shape index (κ2) is 8.19. The first-order valence-electron chi connectivity index (χ1n) is 6.59. The molecule has 0 aliphatic carbocycles. The van der Waals surface area contributed by atoms with Gasteiger partial charge in [-0.2, -0.15) is 0 Å². The molecule has 5 nitrogen and oxygen atoms in total. The van der Waals surface area contributed by atoms with E-state index in [9.17, 15) is 9.59 Å². The van der Waals surface area contributed by atoms with E-state index in [1.54, 1.807) is 43.5 Å². The number of carbonyl (C=O) groups excluding carboxylic acids is 2. The van der Waals surface area contributed by atoms with Crippen LogP contribution in [0.1, 0.15) is 17.3 Å². The summed E-state index contributed by atoms with van der Waals surface area (Å²) in [5.74, 6) is -0.798. The van der Waals surface area contributed by atoms with Crippen LogP contribution < -0.4 is 10.9 Å². The Morgan fingerprint density at radius 1 is 1.22 bits per heavy atom. The van der Waals surface area contributed by atoms with Crippen molar-refractivity contribution in [3.05, 3.63) is 58.3 Å². The number of halogens is 2. The Bertz CT molecular complexity index is 713. The first-order valence-corrected chi connectivity index (χ1v) is 8.23. The van der Waals surface area contributed by atoms with Gasteiger partial charge in [0, 0.05) is 22.3 Å². The lowest BCUT2D eigenvalue weighted by Crippen LogP contribution is -2.44. The van der Waals surface area contributed by atoms with Crippen LogP contribution in [0.5, 0.6) is 0 Å². The van der Waals surface area contributed by atoms with Crippen molar-refractivity contribution in [1.29, 1.82) is 0 Å². The summed E-state index contributed by atoms with van der Waals surface area (Å²) in [4.78, 5) is 28.4. The highest BCUT2D eigenvalue weighted by Crippen LogP contribution is 2.32. The number of pyridine rings is 1. The number of hydrazine groups is 1. The Hall–Kier alpha value is -1.76. The molecule has 0 bridgehead atoms. The summed E-state index contributed by atoms with van der Waals surface area (Å²) in [5, 5.41) is 0.577. The molecule has 0 saturated heterocycles. The van der Waals surface area contributed by atoms with E-state index >= 15 is 0 Å². The van der Waals surface area contributed by atoms with Gasteiger partial charge in [-0.05, 0) is 37.3 Å². The molecule has 23 heavy (non-hydrogen) atoms. The molecule has 2 N–H and O–H groups in total. The highest BCUT2D eigenvalue weighted by molar-refractivity contribution is 8.00. The maximum Gasteiger partial charge on any atom is 0.271 e. The molecular formula is C15H13Cl2N3O2S. The Morgan fingerprint density at radius 3 is 2.70 bits per heavy atom. The van der Waals surface area contributed by atoms with Crippen LogP contribution in [0.15, 0.2) is 47.6 Å². The fourth-order valence-electron chi connectivity index (χ4n) is 1.60. The average molecular weight is 370 g/mol. The number of nitrogens with one attached hydrogen (secondary N) is 2. The first-order chi connectivity index (χ1) is 11.0. The van der Waals surface area contributed by atoms with Gasteiger partial charge < -0.3 is 0 Å². The molecule has 8 heteroatoms. The van der Waals surface area contributed by atoms with Crippen LogP contribution >= 0.6 is 35.0 Å². The van der Waals surface area contributed by atoms with E-state index < -0.39 is 11.2 Å². The lowest BCUT2D eigenvalue weighted by Gasteiger charge is -2.13. The van der Waals surface area contributed by atoms with Crippen molar-refractivity contribution in [2.45, 2.75) is 17.1 Å². The van der Waals surface area contributed by atoms with Crippen molar-refractivity contribution in [2.75, 3.05) is 0 Å². The fourth-order valence-corrected chi connectivity index (χ4v) is 3.01. The number of thioether (sulfide) groups is 1. The van der Waals surface area contributed by atoms with Gasteiger partial charge in [0.2, 0.25) is 0 Å². The molecule has 2 rings (SSSR count). The van der Waals surface area contributed by atoms with Crippen LogP contribution in [-0.2, 0) is 4.79 Å². The molecule has 2 amide bonds. The molecule has 1 heterocycles. The number of benzene rings is 1. The number of hydrogen-bond acceptors (Lipinski definition) is 4. The van der Waals surface area contributed by atoms with Crippen LogP contribution in [0.2, 0.25) is 10.0 Å². The molecule has 1 aromatic carbocycles. The fraction of sp³-hybridized carbons (Fsp3) is 0.133. The third-order valence-corrected chi connectivity index (χ3v) is 4.63. The van der Waals surface area contributed by atoms with Crippen molar-refractivity contribution in [2.24, 2.45) is 0 Å². The zero-order valence-electron chi connectivity index (χ0n) is 12.0. The topological polar surface area (TPSA) is 71.1 Å². The maximum absolute atomic E-state index is 12.0. The monoisotopic (exact) mass is 369 g/mol. The number of amides is 2. The van der Waals surface area contributed by atoms with Crippen LogP contribution in [0, 0.1) is 0 Å². The van der Waals surface area contributed by atoms with Gasteiger partial charge in [0.1, 0.15) is 0 Å². The smallest absolute Gasteiger partial charge is 0.271 e. The van der Waals surface area contributed by atoms with E-state index in [0.29, 0.717) is 20.5 Å². The van der Waals surface area contributed by atoms with Gasteiger partial charge in [-0.1, -0.05) is 23.2 Å². The number of aromatic nitrogens is 1. The maximum atomic E-state index is 12.0. The number of rotatable bonds is 4. The van der Waals surface area contributed by atoms with E-state index in [0.717, 1.165) is 0 Å². The Labute approximate surface area is 147 Å². The van der Waals surface area contributed by atoms with E-state index in [1.165, 1.54) is 18.0 Å². The summed E-state index contributed by atoms with van der Waals surface area (Å²) in [6.45, 7) is 1.70. The molecule has 120 valence electrons. The first kappa shape index (κ1) is 17.6. The van der Waals surface area contributed by atoms with Crippen molar-refractivity contribution in [3.8, 4) is 0 Å². The minimum atomic E-state index is -0.472. The standard InChI is InChI=1S/C15H13Cl2N3O2S/c1-9(23-13-7-11(16)4-5-12(13)17)14(21)19-20-15(22)10-3-2-6-18-8-10/h2-9H,1H3,(H,19,21)(H,20,22). The molecule has 2 aromatic rings. The van der Waals surface area contributed by atoms with Gasteiger partial charge in [-0.25, -0.2) is 0 Å². The summed E-state index contributed by atoms with van der Waals surface area (Å²) in [7, 11) is 0. The Kier molecular flexibility index (Phi) is 6.27. The van der Waals surface area contributed by atoms with Crippen molar-refractivity contribution in [1.82, 2.24) is 15.8 Å². The van der Waals surface area contributed by atoms with E-state index in [1.807, 2.05) is 0 Å².